The second-order valence-corrected chi connectivity index (χ2v) is 3.22. The lowest BCUT2D eigenvalue weighted by molar-refractivity contribution is 0.00635. The topological polar surface area (TPSA) is 57.4 Å². The van der Waals surface area contributed by atoms with Crippen LogP contribution in [0.5, 0.6) is 5.75 Å². The maximum Gasteiger partial charge on any atom is 0.137 e. The van der Waals surface area contributed by atoms with Gasteiger partial charge in [0, 0.05) is 13.7 Å². The molecule has 4 nitrogen and oxygen atoms in total. The molecule has 0 aromatic carbocycles. The zero-order chi connectivity index (χ0) is 10.6. The first-order valence-corrected chi connectivity index (χ1v) is 4.42. The Morgan fingerprint density at radius 2 is 2.14 bits per heavy atom. The van der Waals surface area contributed by atoms with Gasteiger partial charge in [0.2, 0.25) is 0 Å². The van der Waals surface area contributed by atoms with E-state index in [0.29, 0.717) is 6.54 Å². The summed E-state index contributed by atoms with van der Waals surface area (Å²) in [6, 6.07) is 3.70. The zero-order valence-corrected chi connectivity index (χ0v) is 8.78. The summed E-state index contributed by atoms with van der Waals surface area (Å²) < 4.78 is 10.3. The standard InChI is InChI=1S/C10H16N2O2/c1-10(7-11,14-3)9-5-4-8(13-2)6-12-9/h4-6H,7,11H2,1-3H3. The van der Waals surface area contributed by atoms with E-state index in [9.17, 15) is 0 Å². The predicted molar refractivity (Wildman–Crippen MR) is 54.2 cm³/mol. The molecular weight excluding hydrogens is 180 g/mol. The van der Waals surface area contributed by atoms with Crippen molar-refractivity contribution in [2.75, 3.05) is 20.8 Å². The number of nitrogens with zero attached hydrogens (tertiary/aromatic N) is 1. The molecule has 0 saturated carbocycles. The third-order valence-corrected chi connectivity index (χ3v) is 2.35. The van der Waals surface area contributed by atoms with Gasteiger partial charge in [-0.1, -0.05) is 0 Å². The maximum atomic E-state index is 5.62. The molecule has 0 fully saturated rings. The molecule has 78 valence electrons. The Hall–Kier alpha value is -1.13. The monoisotopic (exact) mass is 196 g/mol. The predicted octanol–water partition coefficient (Wildman–Crippen LogP) is 0.910. The molecule has 0 aliphatic heterocycles. The normalized spacial score (nSPS) is 14.9. The smallest absolute Gasteiger partial charge is 0.137 e. The van der Waals surface area contributed by atoms with Crippen molar-refractivity contribution >= 4 is 0 Å². The van der Waals surface area contributed by atoms with E-state index in [2.05, 4.69) is 4.98 Å². The Balaban J connectivity index is 2.95. The number of rotatable bonds is 4. The van der Waals surface area contributed by atoms with Crippen LogP contribution in [0, 0.1) is 0 Å². The van der Waals surface area contributed by atoms with Crippen LogP contribution in [0.3, 0.4) is 0 Å². The zero-order valence-electron chi connectivity index (χ0n) is 8.78. The van der Waals surface area contributed by atoms with Crippen molar-refractivity contribution in [2.45, 2.75) is 12.5 Å². The Labute approximate surface area is 84.0 Å². The minimum absolute atomic E-state index is 0.392. The minimum atomic E-state index is -0.522. The molecule has 0 radical (unpaired) electrons. The van der Waals surface area contributed by atoms with Crippen LogP contribution in [0.2, 0.25) is 0 Å². The van der Waals surface area contributed by atoms with Gasteiger partial charge in [0.1, 0.15) is 11.4 Å². The summed E-state index contributed by atoms with van der Waals surface area (Å²) in [4.78, 5) is 4.23. The number of pyridine rings is 1. The molecule has 0 aliphatic carbocycles. The van der Waals surface area contributed by atoms with Crippen molar-refractivity contribution in [3.05, 3.63) is 24.0 Å². The second-order valence-electron chi connectivity index (χ2n) is 3.22. The first kappa shape index (κ1) is 10.9. The first-order chi connectivity index (χ1) is 6.66. The van der Waals surface area contributed by atoms with Crippen molar-refractivity contribution in [1.82, 2.24) is 4.98 Å². The van der Waals surface area contributed by atoms with Crippen LogP contribution in [0.15, 0.2) is 18.3 Å². The molecule has 0 spiro atoms. The van der Waals surface area contributed by atoms with Gasteiger partial charge in [0.25, 0.3) is 0 Å². The molecule has 1 atom stereocenters. The lowest BCUT2D eigenvalue weighted by Crippen LogP contribution is -2.34. The average Bonchev–Trinajstić information content (AvgIpc) is 2.28. The molecule has 1 heterocycles. The second kappa shape index (κ2) is 4.39. The molecule has 1 aromatic rings. The van der Waals surface area contributed by atoms with Crippen molar-refractivity contribution in [1.29, 1.82) is 0 Å². The Morgan fingerprint density at radius 3 is 2.50 bits per heavy atom. The fourth-order valence-electron chi connectivity index (χ4n) is 1.11. The van der Waals surface area contributed by atoms with Crippen molar-refractivity contribution in [2.24, 2.45) is 5.73 Å². The van der Waals surface area contributed by atoms with Gasteiger partial charge in [0.15, 0.2) is 0 Å². The summed E-state index contributed by atoms with van der Waals surface area (Å²) in [5, 5.41) is 0. The van der Waals surface area contributed by atoms with Gasteiger partial charge in [-0.25, -0.2) is 0 Å². The van der Waals surface area contributed by atoms with Gasteiger partial charge in [0.05, 0.1) is 19.0 Å². The van der Waals surface area contributed by atoms with Crippen LogP contribution < -0.4 is 10.5 Å². The highest BCUT2D eigenvalue weighted by molar-refractivity contribution is 5.23. The van der Waals surface area contributed by atoms with E-state index in [-0.39, 0.29) is 0 Å². The Bertz CT molecular complexity index is 281. The first-order valence-electron chi connectivity index (χ1n) is 4.42. The van der Waals surface area contributed by atoms with Crippen LogP contribution in [0.4, 0.5) is 0 Å². The van der Waals surface area contributed by atoms with Crippen LogP contribution in [-0.4, -0.2) is 25.7 Å². The number of hydrogen-bond donors (Lipinski definition) is 1. The van der Waals surface area contributed by atoms with E-state index >= 15 is 0 Å². The van der Waals surface area contributed by atoms with Crippen LogP contribution in [0.1, 0.15) is 12.6 Å². The molecule has 1 unspecified atom stereocenters. The molecule has 0 aliphatic rings. The van der Waals surface area contributed by atoms with Crippen LogP contribution in [-0.2, 0) is 10.3 Å². The molecule has 0 bridgehead atoms. The molecule has 14 heavy (non-hydrogen) atoms. The fourth-order valence-corrected chi connectivity index (χ4v) is 1.11. The molecular formula is C10H16N2O2. The third-order valence-electron chi connectivity index (χ3n) is 2.35. The van der Waals surface area contributed by atoms with Crippen molar-refractivity contribution in [3.63, 3.8) is 0 Å². The lowest BCUT2D eigenvalue weighted by atomic mass is 10.0. The van der Waals surface area contributed by atoms with Crippen LogP contribution in [0.25, 0.3) is 0 Å². The van der Waals surface area contributed by atoms with E-state index in [1.165, 1.54) is 0 Å². The highest BCUT2D eigenvalue weighted by Crippen LogP contribution is 2.22. The van der Waals surface area contributed by atoms with E-state index in [1.54, 1.807) is 20.4 Å². The summed E-state index contributed by atoms with van der Waals surface area (Å²) >= 11 is 0. The summed E-state index contributed by atoms with van der Waals surface area (Å²) in [6.07, 6.45) is 1.66. The highest BCUT2D eigenvalue weighted by Gasteiger charge is 2.25. The van der Waals surface area contributed by atoms with E-state index in [0.717, 1.165) is 11.4 Å². The largest absolute Gasteiger partial charge is 0.495 e. The highest BCUT2D eigenvalue weighted by atomic mass is 16.5. The number of hydrogen-bond acceptors (Lipinski definition) is 4. The quantitative estimate of drug-likeness (QED) is 0.777. The molecule has 0 saturated heterocycles. The van der Waals surface area contributed by atoms with Gasteiger partial charge in [-0.3, -0.25) is 4.98 Å². The van der Waals surface area contributed by atoms with Crippen LogP contribution >= 0.6 is 0 Å². The van der Waals surface area contributed by atoms with Gasteiger partial charge < -0.3 is 15.2 Å². The van der Waals surface area contributed by atoms with Crippen molar-refractivity contribution in [3.8, 4) is 5.75 Å². The summed E-state index contributed by atoms with van der Waals surface area (Å²) in [6.45, 7) is 2.30. The molecule has 1 aromatic heterocycles. The fraction of sp³-hybridized carbons (Fsp3) is 0.500. The minimum Gasteiger partial charge on any atom is -0.495 e. The Morgan fingerprint density at radius 1 is 1.43 bits per heavy atom. The van der Waals surface area contributed by atoms with Gasteiger partial charge in [-0.2, -0.15) is 0 Å². The number of aromatic nitrogens is 1. The summed E-state index contributed by atoms with van der Waals surface area (Å²) in [7, 11) is 3.23. The number of ether oxygens (including phenoxy) is 2. The molecule has 0 amide bonds. The molecule has 2 N–H and O–H groups in total. The van der Waals surface area contributed by atoms with Crippen molar-refractivity contribution < 1.29 is 9.47 Å². The van der Waals surface area contributed by atoms with Gasteiger partial charge in [-0.05, 0) is 19.1 Å². The maximum absolute atomic E-state index is 5.62. The Kier molecular flexibility index (Phi) is 3.43. The summed E-state index contributed by atoms with van der Waals surface area (Å²) in [5.74, 6) is 0.726. The summed E-state index contributed by atoms with van der Waals surface area (Å²) in [5.41, 5.74) is 5.91. The van der Waals surface area contributed by atoms with E-state index in [1.807, 2.05) is 19.1 Å². The number of nitrogens with two attached hydrogens (primary N) is 1. The van der Waals surface area contributed by atoms with E-state index < -0.39 is 5.60 Å². The lowest BCUT2D eigenvalue weighted by Gasteiger charge is -2.25. The SMILES string of the molecule is COc1ccc(C(C)(CN)OC)nc1. The van der Waals surface area contributed by atoms with E-state index in [4.69, 9.17) is 15.2 Å². The number of methoxy groups -OCH3 is 2. The molecule has 4 heteroatoms. The molecule has 1 rings (SSSR count). The third kappa shape index (κ3) is 2.02. The average molecular weight is 196 g/mol. The van der Waals surface area contributed by atoms with Gasteiger partial charge in [-0.15, -0.1) is 0 Å². The van der Waals surface area contributed by atoms with Gasteiger partial charge >= 0.3 is 0 Å².